The van der Waals surface area contributed by atoms with Crippen molar-refractivity contribution in [3.8, 4) is 5.75 Å². The molecule has 20 heavy (non-hydrogen) atoms. The quantitative estimate of drug-likeness (QED) is 0.626. The predicted molar refractivity (Wildman–Crippen MR) is 85.8 cm³/mol. The molecule has 0 aliphatic carbocycles. The van der Waals surface area contributed by atoms with Crippen molar-refractivity contribution in [2.24, 2.45) is 0 Å². The van der Waals surface area contributed by atoms with E-state index < -0.39 is 0 Å². The van der Waals surface area contributed by atoms with Gasteiger partial charge in [-0.05, 0) is 50.3 Å². The van der Waals surface area contributed by atoms with E-state index in [1.807, 2.05) is 53.9 Å². The Morgan fingerprint density at radius 3 is 2.65 bits per heavy atom. The molecular formula is C16H11BrO2S. The zero-order valence-corrected chi connectivity index (χ0v) is 12.9. The summed E-state index contributed by atoms with van der Waals surface area (Å²) in [4.78, 5) is 12.7. The second-order valence-electron chi connectivity index (χ2n) is 4.32. The maximum atomic E-state index is 12.0. The molecule has 0 N–H and O–H groups in total. The topological polar surface area (TPSA) is 26.3 Å². The van der Waals surface area contributed by atoms with Crippen LogP contribution in [0.4, 0.5) is 0 Å². The van der Waals surface area contributed by atoms with Gasteiger partial charge in [0.2, 0.25) is 5.78 Å². The lowest BCUT2D eigenvalue weighted by Gasteiger charge is -2.06. The molecule has 0 saturated heterocycles. The van der Waals surface area contributed by atoms with Crippen molar-refractivity contribution in [1.29, 1.82) is 0 Å². The molecule has 1 aromatic heterocycles. The molecule has 2 aromatic carbocycles. The first-order valence-corrected chi connectivity index (χ1v) is 7.79. The number of carbonyl (C=O) groups excluding carboxylic acids is 1. The summed E-state index contributed by atoms with van der Waals surface area (Å²) < 4.78 is 6.42. The second kappa shape index (κ2) is 5.77. The molecule has 0 unspecified atom stereocenters. The Bertz CT molecular complexity index is 764. The number of Topliss-reactive ketones (excluding diaryl/α,β-unsaturated/α-hetero) is 1. The molecule has 100 valence electrons. The Morgan fingerprint density at radius 1 is 1.10 bits per heavy atom. The molecule has 3 rings (SSSR count). The van der Waals surface area contributed by atoms with Crippen molar-refractivity contribution in [3.63, 3.8) is 0 Å². The highest BCUT2D eigenvalue weighted by molar-refractivity contribution is 9.10. The third-order valence-electron chi connectivity index (χ3n) is 2.96. The van der Waals surface area contributed by atoms with Crippen LogP contribution in [0.5, 0.6) is 5.75 Å². The molecule has 2 nitrogen and oxygen atoms in total. The number of rotatable bonds is 4. The maximum absolute atomic E-state index is 12.0. The maximum Gasteiger partial charge on any atom is 0.211 e. The summed E-state index contributed by atoms with van der Waals surface area (Å²) in [5.74, 6) is 0.699. The Labute approximate surface area is 129 Å². The molecule has 0 aliphatic heterocycles. The fourth-order valence-corrected chi connectivity index (χ4v) is 3.48. The molecule has 0 fully saturated rings. The zero-order valence-electron chi connectivity index (χ0n) is 10.5. The normalized spacial score (nSPS) is 10.7. The summed E-state index contributed by atoms with van der Waals surface area (Å²) in [6.45, 7) is 0.0530. The number of ether oxygens (including phenoxy) is 1. The standard InChI is InChI=1S/C16H11BrO2S/c17-14-7-8-20-16(14)15(18)10-19-13-6-5-11-3-1-2-4-12(11)9-13/h1-9H,10H2. The monoisotopic (exact) mass is 346 g/mol. The van der Waals surface area contributed by atoms with Gasteiger partial charge in [-0.25, -0.2) is 0 Å². The van der Waals surface area contributed by atoms with Crippen molar-refractivity contribution >= 4 is 43.8 Å². The lowest BCUT2D eigenvalue weighted by Crippen LogP contribution is -2.10. The number of ketones is 1. The van der Waals surface area contributed by atoms with E-state index in [9.17, 15) is 4.79 Å². The van der Waals surface area contributed by atoms with Gasteiger partial charge in [0, 0.05) is 4.47 Å². The Balaban J connectivity index is 1.74. The molecule has 0 amide bonds. The number of hydrogen-bond acceptors (Lipinski definition) is 3. The Morgan fingerprint density at radius 2 is 1.90 bits per heavy atom. The minimum atomic E-state index is -0.0139. The van der Waals surface area contributed by atoms with Gasteiger partial charge in [0.15, 0.2) is 6.61 Å². The highest BCUT2D eigenvalue weighted by Gasteiger charge is 2.12. The number of hydrogen-bond donors (Lipinski definition) is 0. The molecule has 4 heteroatoms. The molecule has 0 radical (unpaired) electrons. The van der Waals surface area contributed by atoms with Crippen LogP contribution >= 0.6 is 27.3 Å². The van der Waals surface area contributed by atoms with Gasteiger partial charge >= 0.3 is 0 Å². The van der Waals surface area contributed by atoms with Crippen molar-refractivity contribution in [2.75, 3.05) is 6.61 Å². The molecule has 0 aliphatic rings. The van der Waals surface area contributed by atoms with E-state index >= 15 is 0 Å². The third kappa shape index (κ3) is 2.76. The van der Waals surface area contributed by atoms with Gasteiger partial charge in [0.05, 0.1) is 4.88 Å². The Hall–Kier alpha value is -1.65. The van der Waals surface area contributed by atoms with Gasteiger partial charge in [-0.2, -0.15) is 0 Å². The van der Waals surface area contributed by atoms with Crippen LogP contribution in [0.2, 0.25) is 0 Å². The van der Waals surface area contributed by atoms with Gasteiger partial charge in [-0.15, -0.1) is 11.3 Å². The van der Waals surface area contributed by atoms with E-state index in [-0.39, 0.29) is 12.4 Å². The van der Waals surface area contributed by atoms with Crippen LogP contribution in [0.25, 0.3) is 10.8 Å². The van der Waals surface area contributed by atoms with E-state index in [2.05, 4.69) is 15.9 Å². The van der Waals surface area contributed by atoms with Gasteiger partial charge in [0.25, 0.3) is 0 Å². The molecule has 0 saturated carbocycles. The fourth-order valence-electron chi connectivity index (χ4n) is 1.96. The summed E-state index contributed by atoms with van der Waals surface area (Å²) in [6.07, 6.45) is 0. The smallest absolute Gasteiger partial charge is 0.211 e. The van der Waals surface area contributed by atoms with Gasteiger partial charge in [0.1, 0.15) is 5.75 Å². The lowest BCUT2D eigenvalue weighted by molar-refractivity contribution is 0.0925. The summed E-state index contributed by atoms with van der Waals surface area (Å²) in [5.41, 5.74) is 0. The lowest BCUT2D eigenvalue weighted by atomic mass is 10.1. The number of fused-ring (bicyclic) bond motifs is 1. The van der Waals surface area contributed by atoms with Crippen LogP contribution < -0.4 is 4.74 Å². The number of thiophene rings is 1. The number of benzene rings is 2. The van der Waals surface area contributed by atoms with E-state index in [0.29, 0.717) is 10.6 Å². The first kappa shape index (κ1) is 13.3. The molecule has 3 aromatic rings. The van der Waals surface area contributed by atoms with Crippen LogP contribution in [-0.2, 0) is 0 Å². The van der Waals surface area contributed by atoms with Crippen LogP contribution in [-0.4, -0.2) is 12.4 Å². The predicted octanol–water partition coefficient (Wildman–Crippen LogP) is 4.93. The first-order valence-electron chi connectivity index (χ1n) is 6.12. The SMILES string of the molecule is O=C(COc1ccc2ccccc2c1)c1sccc1Br. The van der Waals surface area contributed by atoms with Crippen molar-refractivity contribution < 1.29 is 9.53 Å². The van der Waals surface area contributed by atoms with Gasteiger partial charge in [-0.1, -0.05) is 30.3 Å². The van der Waals surface area contributed by atoms with E-state index in [0.717, 1.165) is 15.2 Å². The minimum absolute atomic E-state index is 0.0139. The fraction of sp³-hybridized carbons (Fsp3) is 0.0625. The molecular weight excluding hydrogens is 336 g/mol. The molecule has 0 atom stereocenters. The highest BCUT2D eigenvalue weighted by Crippen LogP contribution is 2.24. The third-order valence-corrected chi connectivity index (χ3v) is 4.84. The van der Waals surface area contributed by atoms with E-state index in [4.69, 9.17) is 4.74 Å². The van der Waals surface area contributed by atoms with Crippen molar-refractivity contribution in [3.05, 3.63) is 63.3 Å². The van der Waals surface area contributed by atoms with Crippen LogP contribution in [0.15, 0.2) is 58.4 Å². The minimum Gasteiger partial charge on any atom is -0.485 e. The van der Waals surface area contributed by atoms with Crippen LogP contribution in [0.1, 0.15) is 9.67 Å². The molecule has 0 bridgehead atoms. The summed E-state index contributed by atoms with van der Waals surface area (Å²) in [6, 6.07) is 15.8. The van der Waals surface area contributed by atoms with Crippen LogP contribution in [0, 0.1) is 0 Å². The number of carbonyl (C=O) groups is 1. The van der Waals surface area contributed by atoms with Crippen molar-refractivity contribution in [1.82, 2.24) is 0 Å². The average molecular weight is 347 g/mol. The highest BCUT2D eigenvalue weighted by atomic mass is 79.9. The van der Waals surface area contributed by atoms with Gasteiger partial charge < -0.3 is 4.74 Å². The summed E-state index contributed by atoms with van der Waals surface area (Å²) in [5, 5.41) is 4.15. The van der Waals surface area contributed by atoms with E-state index in [1.54, 1.807) is 0 Å². The average Bonchev–Trinajstić information content (AvgIpc) is 2.91. The van der Waals surface area contributed by atoms with Crippen LogP contribution in [0.3, 0.4) is 0 Å². The zero-order chi connectivity index (χ0) is 13.9. The number of halogens is 1. The Kier molecular flexibility index (Phi) is 3.85. The second-order valence-corrected chi connectivity index (χ2v) is 6.09. The summed E-state index contributed by atoms with van der Waals surface area (Å²) in [7, 11) is 0. The van der Waals surface area contributed by atoms with E-state index in [1.165, 1.54) is 11.3 Å². The molecule has 1 heterocycles. The van der Waals surface area contributed by atoms with Crippen molar-refractivity contribution in [2.45, 2.75) is 0 Å². The largest absolute Gasteiger partial charge is 0.485 e. The van der Waals surface area contributed by atoms with Gasteiger partial charge in [-0.3, -0.25) is 4.79 Å². The molecule has 0 spiro atoms. The first-order chi connectivity index (χ1) is 9.74. The summed E-state index contributed by atoms with van der Waals surface area (Å²) >= 11 is 4.78.